The third kappa shape index (κ3) is 6.01. The van der Waals surface area contributed by atoms with Crippen LogP contribution < -0.4 is 10.6 Å². The lowest BCUT2D eigenvalue weighted by Crippen LogP contribution is -2.43. The molecule has 2 atom stereocenters. The second-order valence-corrected chi connectivity index (χ2v) is 10.2. The number of aliphatic hydroxyl groups is 1. The zero-order valence-electron chi connectivity index (χ0n) is 22.0. The van der Waals surface area contributed by atoms with Crippen LogP contribution in [0.15, 0.2) is 72.5 Å². The highest BCUT2D eigenvalue weighted by molar-refractivity contribution is 5.91. The second kappa shape index (κ2) is 12.0. The van der Waals surface area contributed by atoms with Crippen molar-refractivity contribution in [2.75, 3.05) is 44.8 Å². The van der Waals surface area contributed by atoms with Gasteiger partial charge in [-0.3, -0.25) is 4.90 Å². The number of nitrogens with zero attached hydrogens (tertiary/aromatic N) is 1. The standard InChI is InChI=1S/C31H37N3O4/c1-21-7-9-25(32-31(36)33-29-10-8-23-5-3-4-6-27(23)29)20-28(21)24-18-26(38-16-13-35)17-22(2)30(19-24)34-11-14-37-15-12-34/h3-7,9,18-20,29-30,35H,2,8,10-17H2,1H3,(H2,32,33,36)/t29-,30?/m0/s1. The number of benzene rings is 2. The number of anilines is 1. The van der Waals surface area contributed by atoms with Crippen LogP contribution in [0.2, 0.25) is 0 Å². The normalized spacial score (nSPS) is 21.7. The van der Waals surface area contributed by atoms with Crippen molar-refractivity contribution in [3.8, 4) is 0 Å². The number of carbonyl (C=O) groups excluding carboxylic acids is 1. The Kier molecular flexibility index (Phi) is 8.27. The molecule has 200 valence electrons. The molecule has 7 heteroatoms. The Hall–Kier alpha value is -3.39. The zero-order valence-corrected chi connectivity index (χ0v) is 22.0. The van der Waals surface area contributed by atoms with Crippen molar-refractivity contribution in [2.45, 2.75) is 38.3 Å². The van der Waals surface area contributed by atoms with E-state index in [1.54, 1.807) is 0 Å². The monoisotopic (exact) mass is 515 g/mol. The highest BCUT2D eigenvalue weighted by atomic mass is 16.5. The van der Waals surface area contributed by atoms with Crippen LogP contribution in [0.5, 0.6) is 0 Å². The molecule has 2 aliphatic carbocycles. The molecule has 1 saturated heterocycles. The topological polar surface area (TPSA) is 83.1 Å². The Morgan fingerprint density at radius 1 is 1.21 bits per heavy atom. The first kappa shape index (κ1) is 26.2. The Morgan fingerprint density at radius 3 is 2.84 bits per heavy atom. The van der Waals surface area contributed by atoms with Gasteiger partial charge in [0.15, 0.2) is 0 Å². The second-order valence-electron chi connectivity index (χ2n) is 10.2. The van der Waals surface area contributed by atoms with Crippen LogP contribution in [0.1, 0.15) is 41.1 Å². The summed E-state index contributed by atoms with van der Waals surface area (Å²) < 4.78 is 11.5. The summed E-state index contributed by atoms with van der Waals surface area (Å²) in [6.07, 6.45) is 6.78. The number of hydrogen-bond acceptors (Lipinski definition) is 5. The smallest absolute Gasteiger partial charge is 0.319 e. The van der Waals surface area contributed by atoms with E-state index < -0.39 is 0 Å². The number of carbonyl (C=O) groups is 1. The van der Waals surface area contributed by atoms with E-state index in [1.807, 2.05) is 36.4 Å². The summed E-state index contributed by atoms with van der Waals surface area (Å²) in [5, 5.41) is 15.5. The van der Waals surface area contributed by atoms with Crippen LogP contribution in [0.3, 0.4) is 0 Å². The van der Waals surface area contributed by atoms with Crippen LogP contribution in [-0.4, -0.2) is 61.6 Å². The maximum Gasteiger partial charge on any atom is 0.319 e. The van der Waals surface area contributed by atoms with E-state index in [1.165, 1.54) is 11.1 Å². The molecule has 38 heavy (non-hydrogen) atoms. The van der Waals surface area contributed by atoms with Crippen LogP contribution in [0.4, 0.5) is 10.5 Å². The van der Waals surface area contributed by atoms with E-state index in [4.69, 9.17) is 9.47 Å². The van der Waals surface area contributed by atoms with Gasteiger partial charge >= 0.3 is 6.03 Å². The highest BCUT2D eigenvalue weighted by Crippen LogP contribution is 2.34. The van der Waals surface area contributed by atoms with Crippen LogP contribution in [-0.2, 0) is 15.9 Å². The summed E-state index contributed by atoms with van der Waals surface area (Å²) in [6.45, 7) is 9.73. The molecular weight excluding hydrogens is 478 g/mol. The lowest BCUT2D eigenvalue weighted by molar-refractivity contribution is 0.0309. The van der Waals surface area contributed by atoms with E-state index in [2.05, 4.69) is 47.2 Å². The van der Waals surface area contributed by atoms with Gasteiger partial charge in [0.05, 0.1) is 31.9 Å². The molecule has 2 aromatic carbocycles. The number of morpholine rings is 1. The fourth-order valence-corrected chi connectivity index (χ4v) is 5.59. The number of allylic oxidation sites excluding steroid dienone is 3. The van der Waals surface area contributed by atoms with Gasteiger partial charge in [-0.05, 0) is 71.4 Å². The molecule has 1 heterocycles. The van der Waals surface area contributed by atoms with E-state index in [0.717, 1.165) is 59.7 Å². The molecule has 1 fully saturated rings. The molecule has 0 spiro atoms. The third-order valence-electron chi connectivity index (χ3n) is 7.54. The lowest BCUT2D eigenvalue weighted by Gasteiger charge is -2.34. The summed E-state index contributed by atoms with van der Waals surface area (Å²) in [4.78, 5) is 15.3. The fraction of sp³-hybridized carbons (Fsp3) is 0.387. The minimum Gasteiger partial charge on any atom is -0.495 e. The molecule has 1 aliphatic heterocycles. The van der Waals surface area contributed by atoms with Crippen molar-refractivity contribution in [1.29, 1.82) is 0 Å². The summed E-state index contributed by atoms with van der Waals surface area (Å²) in [5.74, 6) is 0.779. The highest BCUT2D eigenvalue weighted by Gasteiger charge is 2.26. The maximum absolute atomic E-state index is 13.0. The van der Waals surface area contributed by atoms with Gasteiger partial charge in [0.1, 0.15) is 12.4 Å². The predicted molar refractivity (Wildman–Crippen MR) is 150 cm³/mol. The third-order valence-corrected chi connectivity index (χ3v) is 7.54. The minimum absolute atomic E-state index is 0.0233. The van der Waals surface area contributed by atoms with Crippen molar-refractivity contribution in [1.82, 2.24) is 10.2 Å². The molecule has 1 unspecified atom stereocenters. The molecule has 0 aromatic heterocycles. The lowest BCUT2D eigenvalue weighted by atomic mass is 9.96. The van der Waals surface area contributed by atoms with Gasteiger partial charge in [0.25, 0.3) is 0 Å². The van der Waals surface area contributed by atoms with Gasteiger partial charge < -0.3 is 25.2 Å². The zero-order chi connectivity index (χ0) is 26.5. The number of ether oxygens (including phenoxy) is 2. The average molecular weight is 516 g/mol. The maximum atomic E-state index is 13.0. The molecule has 2 amide bonds. The van der Waals surface area contributed by atoms with E-state index in [9.17, 15) is 9.90 Å². The summed E-state index contributed by atoms with van der Waals surface area (Å²) >= 11 is 0. The first-order valence-corrected chi connectivity index (χ1v) is 13.4. The van der Waals surface area contributed by atoms with Crippen LogP contribution in [0, 0.1) is 6.92 Å². The average Bonchev–Trinajstić information content (AvgIpc) is 3.25. The number of fused-ring (bicyclic) bond motifs is 1. The fourth-order valence-electron chi connectivity index (χ4n) is 5.59. The quantitative estimate of drug-likeness (QED) is 0.464. The molecule has 3 N–H and O–H groups in total. The van der Waals surface area contributed by atoms with E-state index in [0.29, 0.717) is 19.6 Å². The summed E-state index contributed by atoms with van der Waals surface area (Å²) in [7, 11) is 0. The Morgan fingerprint density at radius 2 is 2.03 bits per heavy atom. The van der Waals surface area contributed by atoms with Gasteiger partial charge in [-0.1, -0.05) is 43.0 Å². The molecule has 3 aliphatic rings. The van der Waals surface area contributed by atoms with Gasteiger partial charge in [-0.15, -0.1) is 0 Å². The van der Waals surface area contributed by atoms with Crippen molar-refractivity contribution >= 4 is 17.3 Å². The number of urea groups is 1. The molecule has 0 bridgehead atoms. The molecule has 7 nitrogen and oxygen atoms in total. The van der Waals surface area contributed by atoms with Crippen molar-refractivity contribution in [3.63, 3.8) is 0 Å². The summed E-state index contributed by atoms with van der Waals surface area (Å²) in [6, 6.07) is 14.1. The Balaban J connectivity index is 1.39. The number of hydrogen-bond donors (Lipinski definition) is 3. The first-order valence-electron chi connectivity index (χ1n) is 13.4. The van der Waals surface area contributed by atoms with E-state index in [-0.39, 0.29) is 31.3 Å². The minimum atomic E-state index is -0.210. The SMILES string of the molecule is C=C1CC(OCCO)=CC(c2cc(NC(=O)N[C@H]3CCc4ccccc43)ccc2C)=CC1N1CCOCC1. The number of nitrogens with one attached hydrogen (secondary N) is 2. The predicted octanol–water partition coefficient (Wildman–Crippen LogP) is 4.74. The van der Waals surface area contributed by atoms with Gasteiger partial charge in [0.2, 0.25) is 0 Å². The Bertz CT molecular complexity index is 1250. The largest absolute Gasteiger partial charge is 0.495 e. The summed E-state index contributed by atoms with van der Waals surface area (Å²) in [5.41, 5.74) is 7.41. The van der Waals surface area contributed by atoms with Crippen molar-refractivity contribution in [2.24, 2.45) is 0 Å². The van der Waals surface area contributed by atoms with Crippen LogP contribution in [0.25, 0.3) is 5.57 Å². The molecule has 5 rings (SSSR count). The van der Waals surface area contributed by atoms with Crippen molar-refractivity contribution in [3.05, 3.63) is 94.8 Å². The number of aryl methyl sites for hydroxylation is 2. The Labute approximate surface area is 224 Å². The van der Waals surface area contributed by atoms with E-state index >= 15 is 0 Å². The number of amides is 2. The van der Waals surface area contributed by atoms with Crippen molar-refractivity contribution < 1.29 is 19.4 Å². The van der Waals surface area contributed by atoms with Gasteiger partial charge in [0, 0.05) is 25.2 Å². The number of rotatable bonds is 7. The first-order chi connectivity index (χ1) is 18.5. The molecule has 2 aromatic rings. The number of aliphatic hydroxyl groups excluding tert-OH is 1. The molecule has 0 saturated carbocycles. The molecule has 0 radical (unpaired) electrons. The van der Waals surface area contributed by atoms with Gasteiger partial charge in [-0.2, -0.15) is 0 Å². The molecular formula is C31H37N3O4. The van der Waals surface area contributed by atoms with Gasteiger partial charge in [-0.25, -0.2) is 4.79 Å². The van der Waals surface area contributed by atoms with Crippen LogP contribution >= 0.6 is 0 Å².